The number of aliphatic carboxylic acids is 1. The van der Waals surface area contributed by atoms with Gasteiger partial charge in [0.25, 0.3) is 0 Å². The van der Waals surface area contributed by atoms with E-state index in [1.165, 1.54) is 17.8 Å². The Bertz CT molecular complexity index is 1100. The van der Waals surface area contributed by atoms with Crippen LogP contribution in [0.3, 0.4) is 0 Å². The zero-order valence-corrected chi connectivity index (χ0v) is 19.4. The van der Waals surface area contributed by atoms with Crippen molar-refractivity contribution in [3.05, 3.63) is 66.2 Å². The third-order valence-corrected chi connectivity index (χ3v) is 5.99. The SMILES string of the molecule is CC(C)(C)C(C(=O)O)n1c(SCCCNC(=O)C=Cc2ccccc2)nc2ccccc21. The lowest BCUT2D eigenvalue weighted by molar-refractivity contribution is -0.144. The van der Waals surface area contributed by atoms with E-state index in [0.29, 0.717) is 17.5 Å². The average molecular weight is 452 g/mol. The number of amides is 1. The fourth-order valence-electron chi connectivity index (χ4n) is 3.48. The number of nitrogens with one attached hydrogen (secondary N) is 1. The van der Waals surface area contributed by atoms with Crippen molar-refractivity contribution in [3.8, 4) is 0 Å². The van der Waals surface area contributed by atoms with Crippen molar-refractivity contribution < 1.29 is 14.7 Å². The number of hydrogen-bond acceptors (Lipinski definition) is 4. The van der Waals surface area contributed by atoms with Crippen molar-refractivity contribution in [3.63, 3.8) is 0 Å². The minimum atomic E-state index is -0.875. The molecule has 0 aliphatic heterocycles. The molecule has 0 fully saturated rings. The Hall–Kier alpha value is -3.06. The quantitative estimate of drug-likeness (QED) is 0.271. The highest BCUT2D eigenvalue weighted by Crippen LogP contribution is 2.37. The fourth-order valence-corrected chi connectivity index (χ4v) is 4.46. The van der Waals surface area contributed by atoms with E-state index in [0.717, 1.165) is 23.0 Å². The van der Waals surface area contributed by atoms with Crippen LogP contribution in [0.15, 0.2) is 65.8 Å². The van der Waals surface area contributed by atoms with E-state index in [-0.39, 0.29) is 5.91 Å². The van der Waals surface area contributed by atoms with Gasteiger partial charge in [-0.05, 0) is 35.6 Å². The summed E-state index contributed by atoms with van der Waals surface area (Å²) in [7, 11) is 0. The van der Waals surface area contributed by atoms with Gasteiger partial charge in [0.15, 0.2) is 5.16 Å². The summed E-state index contributed by atoms with van der Waals surface area (Å²) < 4.78 is 1.84. The van der Waals surface area contributed by atoms with Crippen LogP contribution in [-0.2, 0) is 9.59 Å². The molecule has 3 rings (SSSR count). The molecule has 0 saturated carbocycles. The molecule has 32 heavy (non-hydrogen) atoms. The number of carboxylic acid groups (broad SMARTS) is 1. The zero-order chi connectivity index (χ0) is 23.1. The second-order valence-electron chi connectivity index (χ2n) is 8.60. The standard InChI is InChI=1S/C25H29N3O3S/c1-25(2,3)22(23(30)31)28-20-13-8-7-12-19(20)27-24(28)32-17-9-16-26-21(29)15-14-18-10-5-4-6-11-18/h4-8,10-15,22H,9,16-17H2,1-3H3,(H,26,29)(H,30,31). The second kappa shape index (κ2) is 10.5. The molecule has 0 bridgehead atoms. The highest BCUT2D eigenvalue weighted by molar-refractivity contribution is 7.99. The lowest BCUT2D eigenvalue weighted by Gasteiger charge is -2.29. The highest BCUT2D eigenvalue weighted by atomic mass is 32.2. The van der Waals surface area contributed by atoms with Crippen molar-refractivity contribution in [1.82, 2.24) is 14.9 Å². The van der Waals surface area contributed by atoms with Gasteiger partial charge in [0.2, 0.25) is 5.91 Å². The Kier molecular flexibility index (Phi) is 7.75. The lowest BCUT2D eigenvalue weighted by atomic mass is 9.86. The lowest BCUT2D eigenvalue weighted by Crippen LogP contribution is -2.32. The topological polar surface area (TPSA) is 84.2 Å². The molecule has 0 aliphatic carbocycles. The second-order valence-corrected chi connectivity index (χ2v) is 9.66. The third-order valence-electron chi connectivity index (χ3n) is 4.95. The zero-order valence-electron chi connectivity index (χ0n) is 18.6. The first-order valence-electron chi connectivity index (χ1n) is 10.6. The van der Waals surface area contributed by atoms with E-state index >= 15 is 0 Å². The summed E-state index contributed by atoms with van der Waals surface area (Å²) in [6.45, 7) is 6.31. The van der Waals surface area contributed by atoms with Crippen molar-refractivity contribution in [2.24, 2.45) is 5.41 Å². The molecule has 0 saturated heterocycles. The molecule has 2 N–H and O–H groups in total. The van der Waals surface area contributed by atoms with Crippen LogP contribution in [-0.4, -0.2) is 38.8 Å². The van der Waals surface area contributed by atoms with Gasteiger partial charge in [0, 0.05) is 18.4 Å². The van der Waals surface area contributed by atoms with Crippen LogP contribution in [0.1, 0.15) is 38.8 Å². The summed E-state index contributed by atoms with van der Waals surface area (Å²) in [6.07, 6.45) is 4.06. The molecule has 1 aromatic heterocycles. The molecule has 0 radical (unpaired) electrons. The van der Waals surface area contributed by atoms with Crippen molar-refractivity contribution in [2.45, 2.75) is 38.4 Å². The number of imidazole rings is 1. The normalized spacial score (nSPS) is 12.8. The van der Waals surface area contributed by atoms with E-state index in [2.05, 4.69) is 10.3 Å². The van der Waals surface area contributed by atoms with Crippen LogP contribution >= 0.6 is 11.8 Å². The highest BCUT2D eigenvalue weighted by Gasteiger charge is 2.35. The molecular weight excluding hydrogens is 422 g/mol. The molecule has 0 spiro atoms. The predicted octanol–water partition coefficient (Wildman–Crippen LogP) is 5.02. The molecular formula is C25H29N3O3S. The number of carbonyl (C=O) groups excluding carboxylic acids is 1. The Morgan fingerprint density at radius 2 is 1.81 bits per heavy atom. The molecule has 1 heterocycles. The molecule has 0 aliphatic rings. The maximum atomic E-state index is 12.1. The summed E-state index contributed by atoms with van der Waals surface area (Å²) in [6, 6.07) is 16.5. The summed E-state index contributed by atoms with van der Waals surface area (Å²) >= 11 is 1.52. The molecule has 6 nitrogen and oxygen atoms in total. The molecule has 1 amide bonds. The first-order valence-corrected chi connectivity index (χ1v) is 11.6. The first kappa shape index (κ1) is 23.6. The van der Waals surface area contributed by atoms with Crippen molar-refractivity contribution in [2.75, 3.05) is 12.3 Å². The molecule has 3 aromatic rings. The maximum Gasteiger partial charge on any atom is 0.327 e. The first-order chi connectivity index (χ1) is 15.3. The summed E-state index contributed by atoms with van der Waals surface area (Å²) in [5.41, 5.74) is 2.09. The van der Waals surface area contributed by atoms with Crippen LogP contribution in [0.25, 0.3) is 17.1 Å². The predicted molar refractivity (Wildman–Crippen MR) is 130 cm³/mol. The number of carbonyl (C=O) groups is 2. The van der Waals surface area contributed by atoms with Gasteiger partial charge in [-0.2, -0.15) is 0 Å². The number of rotatable bonds is 9. The van der Waals surface area contributed by atoms with Crippen LogP contribution in [0, 0.1) is 5.41 Å². The van der Waals surface area contributed by atoms with Crippen LogP contribution in [0.4, 0.5) is 0 Å². The molecule has 7 heteroatoms. The minimum Gasteiger partial charge on any atom is -0.480 e. The third kappa shape index (κ3) is 6.01. The number of thioether (sulfide) groups is 1. The number of hydrogen-bond donors (Lipinski definition) is 2. The largest absolute Gasteiger partial charge is 0.480 e. The van der Waals surface area contributed by atoms with Gasteiger partial charge < -0.3 is 15.0 Å². The number of para-hydroxylation sites is 2. The van der Waals surface area contributed by atoms with E-state index in [1.807, 2.05) is 79.9 Å². The number of aromatic nitrogens is 2. The number of benzene rings is 2. The van der Waals surface area contributed by atoms with E-state index in [9.17, 15) is 14.7 Å². The number of nitrogens with zero attached hydrogens (tertiary/aromatic N) is 2. The van der Waals surface area contributed by atoms with E-state index in [1.54, 1.807) is 6.08 Å². The molecule has 1 atom stereocenters. The summed E-state index contributed by atoms with van der Waals surface area (Å²) in [5, 5.41) is 13.5. The van der Waals surface area contributed by atoms with Gasteiger partial charge in [-0.3, -0.25) is 4.79 Å². The number of fused-ring (bicyclic) bond motifs is 1. The smallest absolute Gasteiger partial charge is 0.327 e. The van der Waals surface area contributed by atoms with Crippen LogP contribution in [0.5, 0.6) is 0 Å². The van der Waals surface area contributed by atoms with Gasteiger partial charge in [0.05, 0.1) is 11.0 Å². The van der Waals surface area contributed by atoms with Gasteiger partial charge in [-0.1, -0.05) is 75.0 Å². The monoisotopic (exact) mass is 451 g/mol. The molecule has 2 aromatic carbocycles. The summed E-state index contributed by atoms with van der Waals surface area (Å²) in [5.74, 6) is -0.299. The Balaban J connectivity index is 1.62. The Morgan fingerprint density at radius 1 is 1.12 bits per heavy atom. The van der Waals surface area contributed by atoms with Gasteiger partial charge in [0.1, 0.15) is 6.04 Å². The summed E-state index contributed by atoms with van der Waals surface area (Å²) in [4.78, 5) is 28.8. The average Bonchev–Trinajstić information content (AvgIpc) is 3.09. The van der Waals surface area contributed by atoms with E-state index in [4.69, 9.17) is 0 Å². The Morgan fingerprint density at radius 3 is 2.50 bits per heavy atom. The van der Waals surface area contributed by atoms with Gasteiger partial charge in [-0.25, -0.2) is 9.78 Å². The maximum absolute atomic E-state index is 12.1. The minimum absolute atomic E-state index is 0.134. The van der Waals surface area contributed by atoms with Crippen molar-refractivity contribution in [1.29, 1.82) is 0 Å². The molecule has 168 valence electrons. The Labute approximate surface area is 192 Å². The fraction of sp³-hybridized carbons (Fsp3) is 0.320. The van der Waals surface area contributed by atoms with E-state index < -0.39 is 17.4 Å². The molecule has 1 unspecified atom stereocenters. The van der Waals surface area contributed by atoms with Gasteiger partial charge in [-0.15, -0.1) is 0 Å². The number of carboxylic acids is 1. The van der Waals surface area contributed by atoms with Crippen LogP contribution in [0.2, 0.25) is 0 Å². The van der Waals surface area contributed by atoms with Gasteiger partial charge >= 0.3 is 5.97 Å². The van der Waals surface area contributed by atoms with Crippen LogP contribution < -0.4 is 5.32 Å². The van der Waals surface area contributed by atoms with Crippen molar-refractivity contribution >= 4 is 40.7 Å².